The molecule has 4 heterocycles. The second-order valence-corrected chi connectivity index (χ2v) is 15.5. The Morgan fingerprint density at radius 3 is 2.54 bits per heavy atom. The van der Waals surface area contributed by atoms with Gasteiger partial charge in [-0.1, -0.05) is 18.5 Å². The maximum absolute atomic E-state index is 13.7. The van der Waals surface area contributed by atoms with Gasteiger partial charge in [0.1, 0.15) is 30.0 Å². The summed E-state index contributed by atoms with van der Waals surface area (Å²) in [5.41, 5.74) is -0.268. The van der Waals surface area contributed by atoms with E-state index in [1.807, 2.05) is 31.0 Å². The van der Waals surface area contributed by atoms with Gasteiger partial charge in [0.15, 0.2) is 10.8 Å². The third-order valence-corrected chi connectivity index (χ3v) is 10.7. The van der Waals surface area contributed by atoms with E-state index >= 15 is 0 Å². The summed E-state index contributed by atoms with van der Waals surface area (Å²) in [7, 11) is 0. The van der Waals surface area contributed by atoms with Gasteiger partial charge in [-0.25, -0.2) is 4.98 Å². The smallest absolute Gasteiger partial charge is 0.419 e. The number of hydrogen-bond acceptors (Lipinski definition) is 11. The number of alkyl halides is 3. The number of aryl methyl sites for hydroxylation is 1. The molecule has 59 heavy (non-hydrogen) atoms. The minimum Gasteiger partial charge on any atom is -0.491 e. The second-order valence-electron chi connectivity index (χ2n) is 14.7. The summed E-state index contributed by atoms with van der Waals surface area (Å²) in [5, 5.41) is 17.8. The molecule has 4 amide bonds. The van der Waals surface area contributed by atoms with Crippen molar-refractivity contribution < 1.29 is 37.1 Å². The van der Waals surface area contributed by atoms with Gasteiger partial charge in [0.25, 0.3) is 5.91 Å². The number of anilines is 4. The monoisotopic (exact) mass is 851 g/mol. The maximum atomic E-state index is 13.7. The van der Waals surface area contributed by atoms with Gasteiger partial charge >= 0.3 is 6.18 Å². The minimum absolute atomic E-state index is 0.0351. The molecule has 6 rings (SSSR count). The number of aromatic nitrogens is 1. The molecular formula is C40H41ClF3N9O5S. The van der Waals surface area contributed by atoms with Crippen LogP contribution in [0.5, 0.6) is 5.75 Å². The van der Waals surface area contributed by atoms with Crippen molar-refractivity contribution in [1.82, 2.24) is 20.1 Å². The molecule has 3 N–H and O–H groups in total. The van der Waals surface area contributed by atoms with Crippen LogP contribution < -0.4 is 30.5 Å². The normalized spacial score (nSPS) is 18.1. The van der Waals surface area contributed by atoms with E-state index in [0.29, 0.717) is 73.0 Å². The minimum atomic E-state index is -4.87. The SMILES string of the molecule is CCc1cc(N2C(=S)N(c3cnc(C#N)c(C(F)(F)F)c3)C(=O)C2(C)C)ccc1OCCN1C=C(C)N(CC(=O)Nc2cc(Cl)cc(NC3CCC(=O)NC3=O)c2)CC1. The highest BCUT2D eigenvalue weighted by atomic mass is 35.5. The molecule has 3 aromatic rings. The maximum Gasteiger partial charge on any atom is 0.419 e. The number of rotatable bonds is 12. The summed E-state index contributed by atoms with van der Waals surface area (Å²) in [4.78, 5) is 60.7. The first-order valence-electron chi connectivity index (χ1n) is 18.7. The van der Waals surface area contributed by atoms with Gasteiger partial charge in [-0.3, -0.25) is 29.4 Å². The topological polar surface area (TPSA) is 163 Å². The summed E-state index contributed by atoms with van der Waals surface area (Å²) >= 11 is 12.0. The quantitative estimate of drug-likeness (QED) is 0.148. The van der Waals surface area contributed by atoms with Crippen LogP contribution in [0.3, 0.4) is 0 Å². The van der Waals surface area contributed by atoms with Crippen LogP contribution in [0.15, 0.2) is 60.6 Å². The fraction of sp³-hybridized carbons (Fsp3) is 0.375. The van der Waals surface area contributed by atoms with E-state index in [1.165, 1.54) is 6.07 Å². The molecule has 2 saturated heterocycles. The number of pyridine rings is 1. The van der Waals surface area contributed by atoms with E-state index in [4.69, 9.17) is 28.6 Å². The molecule has 2 aromatic carbocycles. The van der Waals surface area contributed by atoms with Gasteiger partial charge in [-0.05, 0) is 93.9 Å². The average molecular weight is 852 g/mol. The Balaban J connectivity index is 1.04. The highest BCUT2D eigenvalue weighted by molar-refractivity contribution is 7.81. The van der Waals surface area contributed by atoms with E-state index in [1.54, 1.807) is 49.1 Å². The molecule has 0 aliphatic carbocycles. The lowest BCUT2D eigenvalue weighted by Crippen LogP contribution is -2.47. The van der Waals surface area contributed by atoms with E-state index in [2.05, 4.69) is 25.8 Å². The molecule has 0 saturated carbocycles. The Morgan fingerprint density at radius 1 is 1.12 bits per heavy atom. The summed E-state index contributed by atoms with van der Waals surface area (Å²) in [6, 6.07) is 11.8. The Hall–Kier alpha value is -5.93. The first-order valence-corrected chi connectivity index (χ1v) is 19.5. The highest BCUT2D eigenvalue weighted by Gasteiger charge is 2.51. The first-order chi connectivity index (χ1) is 27.9. The molecule has 0 bridgehead atoms. The number of nitriles is 1. The van der Waals surface area contributed by atoms with Crippen LogP contribution in [0.25, 0.3) is 0 Å². The van der Waals surface area contributed by atoms with Gasteiger partial charge in [0, 0.05) is 53.5 Å². The predicted octanol–water partition coefficient (Wildman–Crippen LogP) is 5.82. The number of hydrogen-bond donors (Lipinski definition) is 3. The third kappa shape index (κ3) is 9.36. The molecule has 14 nitrogen and oxygen atoms in total. The number of halogens is 4. The Kier molecular flexibility index (Phi) is 12.4. The largest absolute Gasteiger partial charge is 0.491 e. The number of carbonyl (C=O) groups is 4. The van der Waals surface area contributed by atoms with Crippen molar-refractivity contribution >= 4 is 75.3 Å². The van der Waals surface area contributed by atoms with Gasteiger partial charge in [0.05, 0.1) is 30.5 Å². The lowest BCUT2D eigenvalue weighted by molar-refractivity contribution is -0.138. The number of carbonyl (C=O) groups excluding carboxylic acids is 4. The van der Waals surface area contributed by atoms with E-state index in [0.717, 1.165) is 22.4 Å². The third-order valence-electron chi connectivity index (χ3n) is 10.2. The van der Waals surface area contributed by atoms with Crippen molar-refractivity contribution in [2.75, 3.05) is 53.2 Å². The van der Waals surface area contributed by atoms with Crippen LogP contribution in [0, 0.1) is 11.3 Å². The van der Waals surface area contributed by atoms with Crippen LogP contribution in [0.1, 0.15) is 57.4 Å². The van der Waals surface area contributed by atoms with Gasteiger partial charge in [0.2, 0.25) is 17.7 Å². The van der Waals surface area contributed by atoms with E-state index in [9.17, 15) is 37.6 Å². The predicted molar refractivity (Wildman–Crippen MR) is 219 cm³/mol. The molecule has 1 aromatic heterocycles. The van der Waals surface area contributed by atoms with Crippen molar-refractivity contribution in [2.24, 2.45) is 0 Å². The van der Waals surface area contributed by atoms with Crippen LogP contribution in [0.4, 0.5) is 35.9 Å². The number of nitrogens with one attached hydrogen (secondary N) is 3. The van der Waals surface area contributed by atoms with Gasteiger partial charge in [-0.15, -0.1) is 0 Å². The lowest BCUT2D eigenvalue weighted by atomic mass is 10.0. The van der Waals surface area contributed by atoms with Gasteiger partial charge in [-0.2, -0.15) is 18.4 Å². The number of nitrogens with zero attached hydrogens (tertiary/aromatic N) is 6. The highest BCUT2D eigenvalue weighted by Crippen LogP contribution is 2.40. The standard InChI is InChI=1S/C40H41ClF3N9O5S/c1-5-24-14-28(53-38(59)52(37(57)39(53,3)4)29-18-30(40(42,43)44)32(19-45)46-20-29)6-8-33(24)58-13-12-50-10-11-51(23(2)21-50)22-35(55)48-27-16-25(41)15-26(17-27)47-31-7-9-34(54)49-36(31)56/h6,8,14-18,20-21,31,47H,5,7,9-13,22H2,1-4H3,(H,48,55)(H,49,54,56). The molecular weight excluding hydrogens is 811 g/mol. The molecule has 19 heteroatoms. The van der Waals surface area contributed by atoms with Crippen LogP contribution in [0.2, 0.25) is 5.02 Å². The zero-order valence-electron chi connectivity index (χ0n) is 32.6. The van der Waals surface area contributed by atoms with Crippen molar-refractivity contribution in [3.63, 3.8) is 0 Å². The lowest BCUT2D eigenvalue weighted by Gasteiger charge is -2.34. The summed E-state index contributed by atoms with van der Waals surface area (Å²) < 4.78 is 47.4. The second kappa shape index (κ2) is 17.1. The number of piperidine rings is 1. The molecule has 0 spiro atoms. The molecule has 0 radical (unpaired) electrons. The Labute approximate surface area is 348 Å². The Morgan fingerprint density at radius 2 is 1.86 bits per heavy atom. The van der Waals surface area contributed by atoms with Crippen molar-refractivity contribution in [2.45, 2.75) is 64.7 Å². The number of amides is 4. The summed E-state index contributed by atoms with van der Waals surface area (Å²) in [6.07, 6.45) is -0.730. The van der Waals surface area contributed by atoms with Crippen LogP contribution in [-0.4, -0.2) is 87.9 Å². The fourth-order valence-electron chi connectivity index (χ4n) is 7.10. The zero-order chi connectivity index (χ0) is 42.8. The zero-order valence-corrected chi connectivity index (χ0v) is 34.1. The van der Waals surface area contributed by atoms with Crippen LogP contribution in [-0.2, 0) is 31.8 Å². The van der Waals surface area contributed by atoms with Crippen molar-refractivity contribution in [3.8, 4) is 11.8 Å². The van der Waals surface area contributed by atoms with Gasteiger partial charge < -0.3 is 30.1 Å². The Bertz CT molecular complexity index is 2280. The number of thiocarbonyl (C=S) groups is 1. The number of allylic oxidation sites excluding steroid dienone is 1. The molecule has 3 aliphatic rings. The average Bonchev–Trinajstić information content (AvgIpc) is 3.34. The first kappa shape index (κ1) is 42.7. The number of ether oxygens (including phenoxy) is 1. The van der Waals surface area contributed by atoms with Crippen molar-refractivity contribution in [1.29, 1.82) is 5.26 Å². The molecule has 1 atom stereocenters. The number of benzene rings is 2. The summed E-state index contributed by atoms with van der Waals surface area (Å²) in [5.74, 6) is -0.914. The molecule has 2 fully saturated rings. The summed E-state index contributed by atoms with van der Waals surface area (Å²) in [6.45, 7) is 9.33. The van der Waals surface area contributed by atoms with E-state index in [-0.39, 0.29) is 35.6 Å². The van der Waals surface area contributed by atoms with Crippen molar-refractivity contribution in [3.05, 3.63) is 82.4 Å². The molecule has 310 valence electrons. The molecule has 1 unspecified atom stereocenters. The molecule has 3 aliphatic heterocycles. The van der Waals surface area contributed by atoms with Crippen LogP contribution >= 0.6 is 23.8 Å². The van der Waals surface area contributed by atoms with E-state index < -0.39 is 40.8 Å². The fourth-order valence-corrected chi connectivity index (χ4v) is 7.86. The number of imide groups is 1.